The van der Waals surface area contributed by atoms with Crippen molar-refractivity contribution in [1.29, 1.82) is 0 Å². The first-order chi connectivity index (χ1) is 32.6. The van der Waals surface area contributed by atoms with Crippen LogP contribution in [0.4, 0.5) is 17.1 Å². The molecule has 67 heavy (non-hydrogen) atoms. The molecular weight excluding hydrogens is 811 g/mol. The number of anilines is 3. The molecule has 1 aliphatic carbocycles. The van der Waals surface area contributed by atoms with Gasteiger partial charge in [-0.15, -0.1) is 0 Å². The maximum atomic E-state index is 6.61. The number of hydrogen-bond donors (Lipinski definition) is 0. The minimum Gasteiger partial charge on any atom is -0.455 e. The van der Waals surface area contributed by atoms with Crippen LogP contribution in [0, 0.1) is 0 Å². The van der Waals surface area contributed by atoms with Crippen LogP contribution in [0.5, 0.6) is 0 Å². The molecule has 12 rings (SSSR count). The lowest BCUT2D eigenvalue weighted by Gasteiger charge is -2.30. The van der Waals surface area contributed by atoms with Crippen LogP contribution in [-0.4, -0.2) is 0 Å². The fourth-order valence-electron chi connectivity index (χ4n) is 10.8. The molecule has 0 unspecified atom stereocenters. The van der Waals surface area contributed by atoms with Crippen LogP contribution in [0.3, 0.4) is 0 Å². The summed E-state index contributed by atoms with van der Waals surface area (Å²) >= 11 is 0. The second-order valence-corrected chi connectivity index (χ2v) is 19.7. The number of nitrogens with zero attached hydrogens (tertiary/aromatic N) is 1. The highest BCUT2D eigenvalue weighted by Gasteiger charge is 2.36. The molecule has 2 heteroatoms. The smallest absolute Gasteiger partial charge is 0.143 e. The zero-order chi connectivity index (χ0) is 45.4. The largest absolute Gasteiger partial charge is 0.455 e. The van der Waals surface area contributed by atoms with E-state index < -0.39 is 0 Å². The molecule has 1 aliphatic rings. The molecule has 10 aromatic carbocycles. The van der Waals surface area contributed by atoms with E-state index in [-0.39, 0.29) is 10.8 Å². The highest BCUT2D eigenvalue weighted by Crippen LogP contribution is 2.53. The van der Waals surface area contributed by atoms with Gasteiger partial charge in [0.05, 0.1) is 5.69 Å². The monoisotopic (exact) mass is 861 g/mol. The molecule has 0 saturated carbocycles. The molecule has 0 aliphatic heterocycles. The highest BCUT2D eigenvalue weighted by molar-refractivity contribution is 6.11. The third kappa shape index (κ3) is 6.78. The molecule has 322 valence electrons. The molecule has 2 nitrogen and oxygen atoms in total. The molecule has 1 heterocycles. The number of fused-ring (bicyclic) bond motifs is 7. The standard InChI is InChI=1S/C65H51NO/c1-64(2,3)47-32-29-44(30-33-47)50-36-34-48(40-56(50)42-17-7-6-8-18-42)66(49-35-37-59-57(41-49)53-23-11-13-27-58(53)65(59,4)5)60-38-31-43-19-9-10-22-51(43)62(60)46-21-15-20-45(39-46)52-25-16-26-55-54-24-12-14-28-61(54)67-63(52)55/h6-41H,1-5H3. The Morgan fingerprint density at radius 1 is 0.403 bits per heavy atom. The molecule has 0 radical (unpaired) electrons. The van der Waals surface area contributed by atoms with Crippen molar-refractivity contribution in [3.63, 3.8) is 0 Å². The molecule has 11 aromatic rings. The van der Waals surface area contributed by atoms with Crippen molar-refractivity contribution in [3.05, 3.63) is 235 Å². The van der Waals surface area contributed by atoms with E-state index in [2.05, 4.69) is 252 Å². The van der Waals surface area contributed by atoms with E-state index in [1.54, 1.807) is 0 Å². The normalized spacial score (nSPS) is 13.0. The zero-order valence-corrected chi connectivity index (χ0v) is 38.6. The molecule has 0 amide bonds. The average molecular weight is 862 g/mol. The predicted octanol–water partition coefficient (Wildman–Crippen LogP) is 18.5. The maximum Gasteiger partial charge on any atom is 0.143 e. The van der Waals surface area contributed by atoms with Crippen molar-refractivity contribution < 1.29 is 4.42 Å². The van der Waals surface area contributed by atoms with Gasteiger partial charge in [-0.05, 0) is 120 Å². The fourth-order valence-corrected chi connectivity index (χ4v) is 10.8. The second kappa shape index (κ2) is 15.6. The van der Waals surface area contributed by atoms with Crippen molar-refractivity contribution in [2.45, 2.75) is 45.4 Å². The van der Waals surface area contributed by atoms with Crippen LogP contribution in [0.15, 0.2) is 223 Å². The average Bonchev–Trinajstić information content (AvgIpc) is 3.85. The van der Waals surface area contributed by atoms with E-state index in [9.17, 15) is 0 Å². The number of benzene rings is 10. The minimum atomic E-state index is -0.114. The van der Waals surface area contributed by atoms with Crippen LogP contribution < -0.4 is 4.90 Å². The van der Waals surface area contributed by atoms with Gasteiger partial charge in [-0.3, -0.25) is 0 Å². The molecule has 0 N–H and O–H groups in total. The van der Waals surface area contributed by atoms with E-state index in [0.717, 1.165) is 55.7 Å². The predicted molar refractivity (Wildman–Crippen MR) is 284 cm³/mol. The summed E-state index contributed by atoms with van der Waals surface area (Å²) in [5, 5.41) is 4.63. The highest BCUT2D eigenvalue weighted by atomic mass is 16.3. The van der Waals surface area contributed by atoms with Crippen LogP contribution in [0.25, 0.3) is 88.3 Å². The summed E-state index contributed by atoms with van der Waals surface area (Å²) in [6.45, 7) is 11.5. The summed E-state index contributed by atoms with van der Waals surface area (Å²) in [4.78, 5) is 2.50. The van der Waals surface area contributed by atoms with Gasteiger partial charge < -0.3 is 9.32 Å². The second-order valence-electron chi connectivity index (χ2n) is 19.7. The molecule has 1 aromatic heterocycles. The first kappa shape index (κ1) is 40.6. The van der Waals surface area contributed by atoms with Gasteiger partial charge in [0, 0.05) is 38.7 Å². The third-order valence-corrected chi connectivity index (χ3v) is 14.2. The Bertz CT molecular complexity index is 3700. The topological polar surface area (TPSA) is 16.4 Å². The van der Waals surface area contributed by atoms with E-state index in [1.165, 1.54) is 66.4 Å². The van der Waals surface area contributed by atoms with E-state index in [4.69, 9.17) is 4.42 Å². The lowest BCUT2D eigenvalue weighted by Crippen LogP contribution is -2.15. The number of para-hydroxylation sites is 2. The maximum absolute atomic E-state index is 6.61. The summed E-state index contributed by atoms with van der Waals surface area (Å²) in [7, 11) is 0. The van der Waals surface area contributed by atoms with Crippen LogP contribution in [0.2, 0.25) is 0 Å². The van der Waals surface area contributed by atoms with Gasteiger partial charge in [0.15, 0.2) is 0 Å². The third-order valence-electron chi connectivity index (χ3n) is 14.2. The Labute approximate surface area is 393 Å². The lowest BCUT2D eigenvalue weighted by molar-refractivity contribution is 0.590. The van der Waals surface area contributed by atoms with Crippen LogP contribution in [-0.2, 0) is 10.8 Å². The number of furan rings is 1. The number of hydrogen-bond acceptors (Lipinski definition) is 2. The Morgan fingerprint density at radius 2 is 1.01 bits per heavy atom. The van der Waals surface area contributed by atoms with Crippen molar-refractivity contribution in [3.8, 4) is 55.6 Å². The SMILES string of the molecule is CC(C)(C)c1ccc(-c2ccc(N(c3ccc4c(c3)-c3ccccc3C4(C)C)c3ccc4ccccc4c3-c3cccc(-c4cccc5c4oc4ccccc45)c3)cc2-c2ccccc2)cc1. The van der Waals surface area contributed by atoms with Crippen molar-refractivity contribution >= 4 is 49.8 Å². The first-order valence-corrected chi connectivity index (χ1v) is 23.5. The van der Waals surface area contributed by atoms with Gasteiger partial charge in [0.25, 0.3) is 0 Å². The van der Waals surface area contributed by atoms with Gasteiger partial charge in [-0.1, -0.05) is 211 Å². The van der Waals surface area contributed by atoms with Crippen molar-refractivity contribution in [2.24, 2.45) is 0 Å². The number of rotatable bonds is 7. The molecule has 0 fully saturated rings. The first-order valence-electron chi connectivity index (χ1n) is 23.5. The van der Waals surface area contributed by atoms with E-state index >= 15 is 0 Å². The molecule has 0 saturated heterocycles. The Balaban J connectivity index is 1.11. The summed E-state index contributed by atoms with van der Waals surface area (Å²) in [6.07, 6.45) is 0. The molecule has 0 bridgehead atoms. The Morgan fingerprint density at radius 3 is 1.84 bits per heavy atom. The summed E-state index contributed by atoms with van der Waals surface area (Å²) in [5.74, 6) is 0. The van der Waals surface area contributed by atoms with Crippen molar-refractivity contribution in [2.75, 3.05) is 4.90 Å². The van der Waals surface area contributed by atoms with Gasteiger partial charge >= 0.3 is 0 Å². The summed E-state index contributed by atoms with van der Waals surface area (Å²) in [6, 6.07) is 80.5. The summed E-state index contributed by atoms with van der Waals surface area (Å²) in [5.41, 5.74) is 20.9. The van der Waals surface area contributed by atoms with E-state index in [0.29, 0.717) is 0 Å². The van der Waals surface area contributed by atoms with Crippen molar-refractivity contribution in [1.82, 2.24) is 0 Å². The quantitative estimate of drug-likeness (QED) is 0.159. The Kier molecular flexibility index (Phi) is 9.45. The van der Waals surface area contributed by atoms with E-state index in [1.807, 2.05) is 6.07 Å². The van der Waals surface area contributed by atoms with Gasteiger partial charge in [0.1, 0.15) is 11.2 Å². The van der Waals surface area contributed by atoms with Gasteiger partial charge in [0.2, 0.25) is 0 Å². The minimum absolute atomic E-state index is 0.0641. The van der Waals surface area contributed by atoms with Crippen LogP contribution in [0.1, 0.15) is 51.3 Å². The summed E-state index contributed by atoms with van der Waals surface area (Å²) < 4.78 is 6.61. The fraction of sp³-hybridized carbons (Fsp3) is 0.108. The molecular formula is C65H51NO. The van der Waals surface area contributed by atoms with Gasteiger partial charge in [-0.2, -0.15) is 0 Å². The molecule has 0 atom stereocenters. The lowest BCUT2D eigenvalue weighted by atomic mass is 9.82. The molecule has 0 spiro atoms. The zero-order valence-electron chi connectivity index (χ0n) is 38.6. The Hall–Kier alpha value is -7.94. The van der Waals surface area contributed by atoms with Gasteiger partial charge in [-0.25, -0.2) is 0 Å². The van der Waals surface area contributed by atoms with Crippen LogP contribution >= 0.6 is 0 Å².